The summed E-state index contributed by atoms with van der Waals surface area (Å²) in [4.78, 5) is 0. The average molecular weight is 157 g/mol. The van der Waals surface area contributed by atoms with Gasteiger partial charge in [-0.1, -0.05) is 6.08 Å². The minimum absolute atomic E-state index is 0.129. The Kier molecular flexibility index (Phi) is 2.79. The van der Waals surface area contributed by atoms with Gasteiger partial charge in [0.05, 0.1) is 12.6 Å². The van der Waals surface area contributed by atoms with Gasteiger partial charge in [0, 0.05) is 6.42 Å². The minimum Gasteiger partial charge on any atom is -0.394 e. The van der Waals surface area contributed by atoms with Crippen molar-refractivity contribution in [1.29, 1.82) is 0 Å². The Balaban J connectivity index is 2.65. The van der Waals surface area contributed by atoms with E-state index in [-0.39, 0.29) is 12.4 Å². The first kappa shape index (κ1) is 8.43. The molecular formula is C8H12FNO. The number of halogens is 1. The van der Waals surface area contributed by atoms with E-state index in [4.69, 9.17) is 10.8 Å². The molecule has 1 atom stereocenters. The highest BCUT2D eigenvalue weighted by atomic mass is 19.1. The zero-order chi connectivity index (χ0) is 8.27. The van der Waals surface area contributed by atoms with Crippen molar-refractivity contribution in [3.63, 3.8) is 0 Å². The van der Waals surface area contributed by atoms with Crippen molar-refractivity contribution >= 4 is 0 Å². The molecule has 11 heavy (non-hydrogen) atoms. The zero-order valence-electron chi connectivity index (χ0n) is 6.26. The predicted molar refractivity (Wildman–Crippen MR) is 41.6 cm³/mol. The van der Waals surface area contributed by atoms with E-state index in [9.17, 15) is 4.39 Å². The zero-order valence-corrected chi connectivity index (χ0v) is 6.26. The molecule has 0 saturated heterocycles. The molecule has 1 aliphatic rings. The van der Waals surface area contributed by atoms with E-state index < -0.39 is 6.04 Å². The van der Waals surface area contributed by atoms with Gasteiger partial charge in [0.25, 0.3) is 0 Å². The largest absolute Gasteiger partial charge is 0.394 e. The first-order valence-corrected chi connectivity index (χ1v) is 3.66. The van der Waals surface area contributed by atoms with Crippen LogP contribution in [0.3, 0.4) is 0 Å². The topological polar surface area (TPSA) is 46.2 Å². The van der Waals surface area contributed by atoms with Crippen LogP contribution in [0.4, 0.5) is 4.39 Å². The molecular weight excluding hydrogens is 145 g/mol. The molecule has 0 fully saturated rings. The monoisotopic (exact) mass is 157 g/mol. The Morgan fingerprint density at radius 3 is 3.00 bits per heavy atom. The summed E-state index contributed by atoms with van der Waals surface area (Å²) in [6, 6.07) is -0.430. The molecule has 0 bridgehead atoms. The third kappa shape index (κ3) is 2.13. The number of nitrogens with two attached hydrogens (primary N) is 1. The van der Waals surface area contributed by atoms with Crippen molar-refractivity contribution in [3.05, 3.63) is 23.6 Å². The van der Waals surface area contributed by atoms with Crippen LogP contribution >= 0.6 is 0 Å². The summed E-state index contributed by atoms with van der Waals surface area (Å²) < 4.78 is 12.6. The average Bonchev–Trinajstić information content (AvgIpc) is 2.03. The number of rotatable bonds is 2. The lowest BCUT2D eigenvalue weighted by molar-refractivity contribution is 0.280. The maximum atomic E-state index is 12.6. The highest BCUT2D eigenvalue weighted by Gasteiger charge is 2.10. The number of aliphatic hydroxyl groups is 1. The van der Waals surface area contributed by atoms with Gasteiger partial charge in [-0.15, -0.1) is 0 Å². The molecule has 1 aliphatic carbocycles. The Morgan fingerprint density at radius 2 is 2.45 bits per heavy atom. The third-order valence-electron chi connectivity index (χ3n) is 1.71. The summed E-state index contributed by atoms with van der Waals surface area (Å²) in [6.07, 6.45) is 4.42. The summed E-state index contributed by atoms with van der Waals surface area (Å²) in [5.74, 6) is -0.147. The van der Waals surface area contributed by atoms with Crippen LogP contribution in [0.5, 0.6) is 0 Å². The molecule has 0 saturated carbocycles. The summed E-state index contributed by atoms with van der Waals surface area (Å²) in [5.41, 5.74) is 6.19. The minimum atomic E-state index is -0.430. The molecule has 0 aromatic heterocycles. The fraction of sp³-hybridized carbons (Fsp3) is 0.500. The van der Waals surface area contributed by atoms with Gasteiger partial charge in [-0.3, -0.25) is 0 Å². The lowest BCUT2D eigenvalue weighted by Gasteiger charge is -2.13. The molecule has 0 spiro atoms. The fourth-order valence-electron chi connectivity index (χ4n) is 1.05. The van der Waals surface area contributed by atoms with Crippen molar-refractivity contribution in [2.75, 3.05) is 6.61 Å². The lowest BCUT2D eigenvalue weighted by atomic mass is 10.0. The van der Waals surface area contributed by atoms with Gasteiger partial charge in [-0.2, -0.15) is 0 Å². The fourth-order valence-corrected chi connectivity index (χ4v) is 1.05. The van der Waals surface area contributed by atoms with Crippen molar-refractivity contribution < 1.29 is 9.50 Å². The Labute approximate surface area is 65.2 Å². The highest BCUT2D eigenvalue weighted by molar-refractivity contribution is 5.29. The van der Waals surface area contributed by atoms with Gasteiger partial charge in [0.2, 0.25) is 0 Å². The van der Waals surface area contributed by atoms with Crippen LogP contribution < -0.4 is 5.73 Å². The maximum absolute atomic E-state index is 12.6. The van der Waals surface area contributed by atoms with Crippen molar-refractivity contribution in [3.8, 4) is 0 Å². The predicted octanol–water partition coefficient (Wildman–Crippen LogP) is 0.880. The van der Waals surface area contributed by atoms with E-state index in [1.54, 1.807) is 0 Å². The van der Waals surface area contributed by atoms with E-state index in [0.29, 0.717) is 18.4 Å². The van der Waals surface area contributed by atoms with Crippen molar-refractivity contribution in [2.45, 2.75) is 18.9 Å². The molecule has 0 aliphatic heterocycles. The van der Waals surface area contributed by atoms with Gasteiger partial charge in [0.1, 0.15) is 5.83 Å². The third-order valence-corrected chi connectivity index (χ3v) is 1.71. The molecule has 0 unspecified atom stereocenters. The van der Waals surface area contributed by atoms with E-state index >= 15 is 0 Å². The number of allylic oxidation sites excluding steroid dienone is 2. The van der Waals surface area contributed by atoms with Gasteiger partial charge in [-0.25, -0.2) is 4.39 Å². The molecule has 2 nitrogen and oxygen atoms in total. The first-order chi connectivity index (χ1) is 5.24. The van der Waals surface area contributed by atoms with Crippen LogP contribution in [0.2, 0.25) is 0 Å². The molecule has 62 valence electrons. The van der Waals surface area contributed by atoms with Crippen molar-refractivity contribution in [2.24, 2.45) is 5.73 Å². The number of hydrogen-bond donors (Lipinski definition) is 2. The van der Waals surface area contributed by atoms with Crippen LogP contribution in [0.25, 0.3) is 0 Å². The molecule has 0 aromatic carbocycles. The second-order valence-electron chi connectivity index (χ2n) is 2.62. The van der Waals surface area contributed by atoms with Gasteiger partial charge < -0.3 is 10.8 Å². The Bertz CT molecular complexity index is 198. The Hall–Kier alpha value is -0.670. The standard InChI is InChI=1S/C8H12FNO/c9-7-3-1-2-6(4-7)8(10)5-11/h2,4,8,11H,1,3,5,10H2/t8-/m1/s1. The summed E-state index contributed by atoms with van der Waals surface area (Å²) in [7, 11) is 0. The van der Waals surface area contributed by atoms with Gasteiger partial charge in [0.15, 0.2) is 0 Å². The SMILES string of the molecule is N[C@H](CO)C1=CCCC(F)=C1. The van der Waals surface area contributed by atoms with Gasteiger partial charge >= 0.3 is 0 Å². The summed E-state index contributed by atoms with van der Waals surface area (Å²) in [5, 5.41) is 8.66. The molecule has 0 amide bonds. The quantitative estimate of drug-likeness (QED) is 0.625. The van der Waals surface area contributed by atoms with Crippen LogP contribution in [-0.4, -0.2) is 17.8 Å². The lowest BCUT2D eigenvalue weighted by Crippen LogP contribution is -2.26. The number of aliphatic hydroxyl groups excluding tert-OH is 1. The van der Waals surface area contributed by atoms with Crippen LogP contribution in [0.15, 0.2) is 23.6 Å². The van der Waals surface area contributed by atoms with Crippen molar-refractivity contribution in [1.82, 2.24) is 0 Å². The van der Waals surface area contributed by atoms with E-state index in [1.165, 1.54) is 6.08 Å². The summed E-state index contributed by atoms with van der Waals surface area (Å²) >= 11 is 0. The van der Waals surface area contributed by atoms with Crippen LogP contribution in [-0.2, 0) is 0 Å². The molecule has 3 N–H and O–H groups in total. The molecule has 1 rings (SSSR count). The normalized spacial score (nSPS) is 20.6. The molecule has 0 radical (unpaired) electrons. The van der Waals surface area contributed by atoms with Gasteiger partial charge in [-0.05, 0) is 18.1 Å². The first-order valence-electron chi connectivity index (χ1n) is 3.66. The molecule has 3 heteroatoms. The summed E-state index contributed by atoms with van der Waals surface area (Å²) in [6.45, 7) is -0.129. The molecule has 0 aromatic rings. The maximum Gasteiger partial charge on any atom is 0.101 e. The second-order valence-corrected chi connectivity index (χ2v) is 2.62. The van der Waals surface area contributed by atoms with Crippen LogP contribution in [0, 0.1) is 0 Å². The molecule has 0 heterocycles. The Morgan fingerprint density at radius 1 is 1.73 bits per heavy atom. The van der Waals surface area contributed by atoms with Crippen LogP contribution in [0.1, 0.15) is 12.8 Å². The smallest absolute Gasteiger partial charge is 0.101 e. The highest BCUT2D eigenvalue weighted by Crippen LogP contribution is 2.19. The van der Waals surface area contributed by atoms with E-state index in [1.807, 2.05) is 6.08 Å². The second kappa shape index (κ2) is 3.64. The van der Waals surface area contributed by atoms with E-state index in [0.717, 1.165) is 0 Å². The van der Waals surface area contributed by atoms with E-state index in [2.05, 4.69) is 0 Å². The number of hydrogen-bond acceptors (Lipinski definition) is 2.